The van der Waals surface area contributed by atoms with Crippen LogP contribution in [0.2, 0.25) is 5.02 Å². The molecule has 1 aromatic heterocycles. The fraction of sp³-hybridized carbons (Fsp3) is 0.190. The number of nitrogens with one attached hydrogen (secondary N) is 1. The molecule has 3 aromatic rings. The van der Waals surface area contributed by atoms with Crippen LogP contribution in [0, 0.1) is 5.92 Å². The number of carbonyl (C=O) groups is 2. The molecule has 0 spiro atoms. The van der Waals surface area contributed by atoms with Gasteiger partial charge in [-0.1, -0.05) is 54.1 Å². The van der Waals surface area contributed by atoms with Crippen LogP contribution < -0.4 is 5.32 Å². The van der Waals surface area contributed by atoms with Crippen LogP contribution >= 0.6 is 22.9 Å². The first-order valence-corrected chi connectivity index (χ1v) is 10.2. The molecular weight excluding hydrogens is 394 g/mol. The molecule has 0 radical (unpaired) electrons. The Bertz CT molecular complexity index is 988. The molecule has 1 N–H and O–H groups in total. The van der Waals surface area contributed by atoms with Crippen molar-refractivity contribution in [3.63, 3.8) is 0 Å². The average Bonchev–Trinajstić information content (AvgIpc) is 3.30. The molecule has 0 bridgehead atoms. The van der Waals surface area contributed by atoms with E-state index in [9.17, 15) is 9.59 Å². The molecule has 2 heterocycles. The monoisotopic (exact) mass is 411 g/mol. The van der Waals surface area contributed by atoms with Crippen LogP contribution in [0.5, 0.6) is 0 Å². The van der Waals surface area contributed by atoms with Crippen LogP contribution in [-0.2, 0) is 16.1 Å². The highest BCUT2D eigenvalue weighted by molar-refractivity contribution is 7.14. The van der Waals surface area contributed by atoms with Crippen molar-refractivity contribution in [1.82, 2.24) is 9.88 Å². The predicted octanol–water partition coefficient (Wildman–Crippen LogP) is 4.45. The number of likely N-dealkylation sites (tertiary alicyclic amines) is 1. The van der Waals surface area contributed by atoms with Crippen molar-refractivity contribution in [1.29, 1.82) is 0 Å². The van der Waals surface area contributed by atoms with E-state index in [2.05, 4.69) is 10.3 Å². The predicted molar refractivity (Wildman–Crippen MR) is 111 cm³/mol. The van der Waals surface area contributed by atoms with Crippen molar-refractivity contribution in [2.75, 3.05) is 11.9 Å². The van der Waals surface area contributed by atoms with Gasteiger partial charge < -0.3 is 10.2 Å². The summed E-state index contributed by atoms with van der Waals surface area (Å²) in [6, 6.07) is 17.2. The van der Waals surface area contributed by atoms with E-state index in [0.29, 0.717) is 23.2 Å². The van der Waals surface area contributed by atoms with Gasteiger partial charge in [-0.2, -0.15) is 0 Å². The van der Waals surface area contributed by atoms with Crippen molar-refractivity contribution < 1.29 is 9.59 Å². The van der Waals surface area contributed by atoms with E-state index in [-0.39, 0.29) is 24.2 Å². The third kappa shape index (κ3) is 4.24. The SMILES string of the molecule is O=C(Nc1nc(-c2ccc(Cl)cc2)cs1)C1CC(=O)N(Cc2ccccc2)C1. The van der Waals surface area contributed by atoms with Gasteiger partial charge in [0, 0.05) is 35.5 Å². The second-order valence-corrected chi connectivity index (χ2v) is 7.99. The Morgan fingerprint density at radius 1 is 1.18 bits per heavy atom. The molecule has 5 nitrogen and oxygen atoms in total. The van der Waals surface area contributed by atoms with E-state index in [1.807, 2.05) is 47.8 Å². The van der Waals surface area contributed by atoms with Gasteiger partial charge in [-0.3, -0.25) is 9.59 Å². The summed E-state index contributed by atoms with van der Waals surface area (Å²) in [6.45, 7) is 0.955. The second-order valence-electron chi connectivity index (χ2n) is 6.69. The topological polar surface area (TPSA) is 62.3 Å². The highest BCUT2D eigenvalue weighted by Crippen LogP contribution is 2.27. The molecular formula is C21H18ClN3O2S. The Kier molecular flexibility index (Phi) is 5.41. The summed E-state index contributed by atoms with van der Waals surface area (Å²) in [5, 5.41) is 5.94. The molecule has 1 unspecified atom stereocenters. The number of amides is 2. The van der Waals surface area contributed by atoms with Crippen LogP contribution in [0.4, 0.5) is 5.13 Å². The van der Waals surface area contributed by atoms with Gasteiger partial charge in [-0.15, -0.1) is 11.3 Å². The zero-order valence-corrected chi connectivity index (χ0v) is 16.5. The van der Waals surface area contributed by atoms with Gasteiger partial charge in [-0.05, 0) is 17.7 Å². The van der Waals surface area contributed by atoms with Crippen molar-refractivity contribution in [2.45, 2.75) is 13.0 Å². The molecule has 7 heteroatoms. The minimum absolute atomic E-state index is 0.00463. The first kappa shape index (κ1) is 18.7. The Hall–Kier alpha value is -2.70. The van der Waals surface area contributed by atoms with Gasteiger partial charge in [0.2, 0.25) is 11.8 Å². The molecule has 1 aliphatic heterocycles. The fourth-order valence-corrected chi connectivity index (χ4v) is 4.04. The number of anilines is 1. The minimum Gasteiger partial charge on any atom is -0.338 e. The van der Waals surface area contributed by atoms with Crippen molar-refractivity contribution in [3.05, 3.63) is 70.6 Å². The molecule has 28 heavy (non-hydrogen) atoms. The van der Waals surface area contributed by atoms with Gasteiger partial charge in [0.15, 0.2) is 5.13 Å². The first-order chi connectivity index (χ1) is 13.6. The average molecular weight is 412 g/mol. The summed E-state index contributed by atoms with van der Waals surface area (Å²) >= 11 is 7.28. The summed E-state index contributed by atoms with van der Waals surface area (Å²) in [6.07, 6.45) is 0.230. The van der Waals surface area contributed by atoms with Gasteiger partial charge in [0.25, 0.3) is 0 Å². The number of benzene rings is 2. The fourth-order valence-electron chi connectivity index (χ4n) is 3.20. The summed E-state index contributed by atoms with van der Waals surface area (Å²) < 4.78 is 0. The molecule has 0 saturated carbocycles. The number of nitrogens with zero attached hydrogens (tertiary/aromatic N) is 2. The first-order valence-electron chi connectivity index (χ1n) is 8.92. The molecule has 142 valence electrons. The van der Waals surface area contributed by atoms with E-state index < -0.39 is 0 Å². The molecule has 2 aromatic carbocycles. The van der Waals surface area contributed by atoms with Gasteiger partial charge in [-0.25, -0.2) is 4.98 Å². The van der Waals surface area contributed by atoms with Gasteiger partial charge in [0.05, 0.1) is 11.6 Å². The van der Waals surface area contributed by atoms with Crippen LogP contribution in [0.25, 0.3) is 11.3 Å². The number of halogens is 1. The quantitative estimate of drug-likeness (QED) is 0.674. The lowest BCUT2D eigenvalue weighted by atomic mass is 10.1. The highest BCUT2D eigenvalue weighted by Gasteiger charge is 2.34. The third-order valence-electron chi connectivity index (χ3n) is 4.68. The molecule has 1 fully saturated rings. The lowest BCUT2D eigenvalue weighted by Crippen LogP contribution is -2.28. The number of carbonyl (C=O) groups excluding carboxylic acids is 2. The molecule has 1 aliphatic rings. The lowest BCUT2D eigenvalue weighted by Gasteiger charge is -2.16. The Balaban J connectivity index is 1.38. The van der Waals surface area contributed by atoms with Gasteiger partial charge >= 0.3 is 0 Å². The number of thiazole rings is 1. The summed E-state index contributed by atoms with van der Waals surface area (Å²) in [4.78, 5) is 31.1. The Morgan fingerprint density at radius 3 is 2.68 bits per heavy atom. The van der Waals surface area contributed by atoms with E-state index in [1.54, 1.807) is 17.0 Å². The van der Waals surface area contributed by atoms with E-state index in [4.69, 9.17) is 11.6 Å². The number of hydrogen-bond donors (Lipinski definition) is 1. The van der Waals surface area contributed by atoms with E-state index in [0.717, 1.165) is 16.8 Å². The molecule has 1 atom stereocenters. The second kappa shape index (κ2) is 8.12. The standard InChI is InChI=1S/C21H18ClN3O2S/c22-17-8-6-15(7-9-17)18-13-28-21(23-18)24-20(27)16-10-19(26)25(12-16)11-14-4-2-1-3-5-14/h1-9,13,16H,10-12H2,(H,23,24,27). The number of rotatable bonds is 5. The molecule has 1 saturated heterocycles. The maximum atomic E-state index is 12.6. The summed E-state index contributed by atoms with van der Waals surface area (Å²) in [5.74, 6) is -0.523. The zero-order valence-electron chi connectivity index (χ0n) is 15.0. The largest absolute Gasteiger partial charge is 0.338 e. The van der Waals surface area contributed by atoms with Crippen LogP contribution in [0.15, 0.2) is 60.0 Å². The van der Waals surface area contributed by atoms with E-state index in [1.165, 1.54) is 11.3 Å². The normalized spacial score (nSPS) is 16.4. The van der Waals surface area contributed by atoms with Crippen molar-refractivity contribution in [2.24, 2.45) is 5.92 Å². The molecule has 0 aliphatic carbocycles. The van der Waals surface area contributed by atoms with Crippen LogP contribution in [-0.4, -0.2) is 28.2 Å². The molecule has 4 rings (SSSR count). The van der Waals surface area contributed by atoms with Crippen LogP contribution in [0.1, 0.15) is 12.0 Å². The summed E-state index contributed by atoms with van der Waals surface area (Å²) in [5.41, 5.74) is 2.78. The zero-order chi connectivity index (χ0) is 19.5. The smallest absolute Gasteiger partial charge is 0.231 e. The van der Waals surface area contributed by atoms with E-state index >= 15 is 0 Å². The third-order valence-corrected chi connectivity index (χ3v) is 5.69. The number of hydrogen-bond acceptors (Lipinski definition) is 4. The molecule has 2 amide bonds. The maximum Gasteiger partial charge on any atom is 0.231 e. The van der Waals surface area contributed by atoms with Crippen LogP contribution in [0.3, 0.4) is 0 Å². The Labute approximate surface area is 172 Å². The summed E-state index contributed by atoms with van der Waals surface area (Å²) in [7, 11) is 0. The number of aromatic nitrogens is 1. The van der Waals surface area contributed by atoms with Crippen molar-refractivity contribution >= 4 is 39.9 Å². The minimum atomic E-state index is -0.362. The van der Waals surface area contributed by atoms with Gasteiger partial charge in [0.1, 0.15) is 0 Å². The van der Waals surface area contributed by atoms with Crippen molar-refractivity contribution in [3.8, 4) is 11.3 Å². The Morgan fingerprint density at radius 2 is 1.93 bits per heavy atom. The highest BCUT2D eigenvalue weighted by atomic mass is 35.5. The lowest BCUT2D eigenvalue weighted by molar-refractivity contribution is -0.128. The maximum absolute atomic E-state index is 12.6.